The van der Waals surface area contributed by atoms with E-state index in [1.165, 1.54) is 0 Å². The summed E-state index contributed by atoms with van der Waals surface area (Å²) in [7, 11) is 0. The predicted molar refractivity (Wildman–Crippen MR) is 59.1 cm³/mol. The molecule has 1 aromatic rings. The van der Waals surface area contributed by atoms with Crippen LogP contribution in [0.4, 0.5) is 5.69 Å². The largest absolute Gasteiger partial charge is 0.261 e. The highest BCUT2D eigenvalue weighted by atomic mass is 35.5. The summed E-state index contributed by atoms with van der Waals surface area (Å²) in [5.74, 6) is 0.587. The van der Waals surface area contributed by atoms with E-state index in [0.717, 1.165) is 5.69 Å². The fourth-order valence-electron chi connectivity index (χ4n) is 0.798. The number of rotatable bonds is 3. The molecule has 0 aliphatic rings. The number of alkyl halides is 1. The molecule has 0 radical (unpaired) electrons. The van der Waals surface area contributed by atoms with Gasteiger partial charge in [0.2, 0.25) is 0 Å². The van der Waals surface area contributed by atoms with E-state index in [4.69, 9.17) is 11.6 Å². The van der Waals surface area contributed by atoms with Gasteiger partial charge in [-0.3, -0.25) is 4.99 Å². The van der Waals surface area contributed by atoms with Gasteiger partial charge in [-0.05, 0) is 12.1 Å². The van der Waals surface area contributed by atoms with E-state index in [1.807, 2.05) is 36.5 Å². The van der Waals surface area contributed by atoms with Crippen LogP contribution in [-0.4, -0.2) is 12.1 Å². The Morgan fingerprint density at radius 1 is 1.31 bits per heavy atom. The minimum absolute atomic E-state index is 0.0304. The van der Waals surface area contributed by atoms with Gasteiger partial charge in [0.15, 0.2) is 0 Å². The van der Waals surface area contributed by atoms with Gasteiger partial charge >= 0.3 is 0 Å². The fourth-order valence-corrected chi connectivity index (χ4v) is 0.867. The molecule has 0 amide bonds. The smallest absolute Gasteiger partial charge is 0.0625 e. The lowest BCUT2D eigenvalue weighted by Gasteiger charge is -2.13. The molecule has 0 saturated heterocycles. The van der Waals surface area contributed by atoms with E-state index in [2.05, 4.69) is 18.8 Å². The minimum atomic E-state index is -0.0304. The molecular weight excluding hydrogens is 182 g/mol. The Bertz CT molecular complexity index is 277. The molecule has 1 aromatic carbocycles. The van der Waals surface area contributed by atoms with Crippen LogP contribution in [0.2, 0.25) is 0 Å². The maximum atomic E-state index is 5.77. The summed E-state index contributed by atoms with van der Waals surface area (Å²) in [6.45, 7) is 4.12. The van der Waals surface area contributed by atoms with Crippen molar-refractivity contribution in [3.8, 4) is 0 Å². The van der Waals surface area contributed by atoms with Crippen LogP contribution in [0.1, 0.15) is 13.8 Å². The molecule has 0 spiro atoms. The number of benzene rings is 1. The molecule has 0 bridgehead atoms. The summed E-state index contributed by atoms with van der Waals surface area (Å²) in [5.41, 5.74) is 0.943. The monoisotopic (exact) mass is 195 g/mol. The first kappa shape index (κ1) is 10.3. The van der Waals surface area contributed by atoms with E-state index in [0.29, 0.717) is 5.88 Å². The summed E-state index contributed by atoms with van der Waals surface area (Å²) in [6, 6.07) is 9.87. The lowest BCUT2D eigenvalue weighted by molar-refractivity contribution is 0.615. The van der Waals surface area contributed by atoms with Crippen LogP contribution in [0.5, 0.6) is 0 Å². The second-order valence-electron chi connectivity index (χ2n) is 3.72. The van der Waals surface area contributed by atoms with Gasteiger partial charge in [0.05, 0.1) is 5.69 Å². The van der Waals surface area contributed by atoms with Gasteiger partial charge in [0, 0.05) is 17.5 Å². The van der Waals surface area contributed by atoms with Gasteiger partial charge in [-0.25, -0.2) is 0 Å². The second-order valence-corrected chi connectivity index (χ2v) is 3.98. The van der Waals surface area contributed by atoms with Crippen molar-refractivity contribution in [3.05, 3.63) is 30.3 Å². The van der Waals surface area contributed by atoms with Crippen LogP contribution in [-0.2, 0) is 0 Å². The lowest BCUT2D eigenvalue weighted by atomic mass is 9.99. The summed E-state index contributed by atoms with van der Waals surface area (Å²) in [6.07, 6.45) is 1.90. The Hall–Kier alpha value is -0.820. The topological polar surface area (TPSA) is 12.4 Å². The Labute approximate surface area is 84.5 Å². The third-order valence-electron chi connectivity index (χ3n) is 1.66. The third-order valence-corrected chi connectivity index (χ3v) is 2.35. The summed E-state index contributed by atoms with van der Waals surface area (Å²) in [5, 5.41) is 0. The summed E-state index contributed by atoms with van der Waals surface area (Å²) in [4.78, 5) is 4.34. The quantitative estimate of drug-likeness (QED) is 0.516. The van der Waals surface area contributed by atoms with Crippen LogP contribution >= 0.6 is 11.6 Å². The molecule has 1 nitrogen and oxygen atoms in total. The number of hydrogen-bond donors (Lipinski definition) is 0. The number of para-hydroxylation sites is 1. The average molecular weight is 196 g/mol. The van der Waals surface area contributed by atoms with Crippen molar-refractivity contribution in [3.63, 3.8) is 0 Å². The summed E-state index contributed by atoms with van der Waals surface area (Å²) < 4.78 is 0. The van der Waals surface area contributed by atoms with Crippen LogP contribution in [0.25, 0.3) is 0 Å². The number of halogens is 1. The van der Waals surface area contributed by atoms with Crippen molar-refractivity contribution >= 4 is 23.5 Å². The van der Waals surface area contributed by atoms with Gasteiger partial charge in [-0.2, -0.15) is 0 Å². The number of hydrogen-bond acceptors (Lipinski definition) is 1. The van der Waals surface area contributed by atoms with Gasteiger partial charge in [-0.1, -0.05) is 32.0 Å². The van der Waals surface area contributed by atoms with E-state index in [-0.39, 0.29) is 5.41 Å². The Kier molecular flexibility index (Phi) is 3.49. The Morgan fingerprint density at radius 2 is 1.92 bits per heavy atom. The molecule has 0 saturated carbocycles. The van der Waals surface area contributed by atoms with Gasteiger partial charge in [0.1, 0.15) is 0 Å². The zero-order valence-corrected chi connectivity index (χ0v) is 8.75. The molecule has 0 aliphatic carbocycles. The maximum Gasteiger partial charge on any atom is 0.0625 e. The lowest BCUT2D eigenvalue weighted by Crippen LogP contribution is -2.14. The molecule has 1 rings (SSSR count). The zero-order chi connectivity index (χ0) is 9.73. The fraction of sp³-hybridized carbons (Fsp3) is 0.364. The van der Waals surface area contributed by atoms with E-state index < -0.39 is 0 Å². The first-order valence-corrected chi connectivity index (χ1v) is 4.84. The van der Waals surface area contributed by atoms with Gasteiger partial charge in [-0.15, -0.1) is 11.6 Å². The normalized spacial score (nSPS) is 12.2. The van der Waals surface area contributed by atoms with Gasteiger partial charge in [0.25, 0.3) is 0 Å². The van der Waals surface area contributed by atoms with E-state index in [9.17, 15) is 0 Å². The van der Waals surface area contributed by atoms with E-state index in [1.54, 1.807) is 0 Å². The average Bonchev–Trinajstić information content (AvgIpc) is 2.17. The predicted octanol–water partition coefficient (Wildman–Crippen LogP) is 3.65. The molecular formula is C11H14ClN. The first-order valence-electron chi connectivity index (χ1n) is 4.30. The zero-order valence-electron chi connectivity index (χ0n) is 8.00. The van der Waals surface area contributed by atoms with Crippen molar-refractivity contribution in [1.29, 1.82) is 0 Å². The minimum Gasteiger partial charge on any atom is -0.261 e. The molecule has 0 aliphatic heterocycles. The Morgan fingerprint density at radius 3 is 2.46 bits per heavy atom. The Balaban J connectivity index is 2.69. The SMILES string of the molecule is CC(C)(C=Nc1ccccc1)CCl. The van der Waals surface area contributed by atoms with Crippen molar-refractivity contribution in [2.45, 2.75) is 13.8 Å². The van der Waals surface area contributed by atoms with Gasteiger partial charge < -0.3 is 0 Å². The van der Waals surface area contributed by atoms with Crippen LogP contribution in [0, 0.1) is 5.41 Å². The molecule has 13 heavy (non-hydrogen) atoms. The molecule has 70 valence electrons. The van der Waals surface area contributed by atoms with Crippen molar-refractivity contribution in [2.24, 2.45) is 10.4 Å². The second kappa shape index (κ2) is 4.43. The number of aliphatic imine (C=N–C) groups is 1. The molecule has 0 aromatic heterocycles. The molecule has 0 unspecified atom stereocenters. The molecule has 0 N–H and O–H groups in total. The van der Waals surface area contributed by atoms with Crippen LogP contribution in [0.15, 0.2) is 35.3 Å². The van der Waals surface area contributed by atoms with E-state index >= 15 is 0 Å². The summed E-state index contributed by atoms with van der Waals surface area (Å²) >= 11 is 5.77. The molecule has 0 heterocycles. The van der Waals surface area contributed by atoms with Crippen molar-refractivity contribution < 1.29 is 0 Å². The molecule has 0 fully saturated rings. The highest BCUT2D eigenvalue weighted by molar-refractivity contribution is 6.19. The first-order chi connectivity index (χ1) is 6.14. The van der Waals surface area contributed by atoms with Crippen molar-refractivity contribution in [2.75, 3.05) is 5.88 Å². The molecule has 2 heteroatoms. The number of nitrogens with zero attached hydrogens (tertiary/aromatic N) is 1. The highest BCUT2D eigenvalue weighted by Crippen LogP contribution is 2.17. The highest BCUT2D eigenvalue weighted by Gasteiger charge is 2.12. The van der Waals surface area contributed by atoms with Crippen LogP contribution < -0.4 is 0 Å². The van der Waals surface area contributed by atoms with Crippen LogP contribution in [0.3, 0.4) is 0 Å². The standard InChI is InChI=1S/C11H14ClN/c1-11(2,8-12)9-13-10-6-4-3-5-7-10/h3-7,9H,8H2,1-2H3. The third kappa shape index (κ3) is 3.60. The van der Waals surface area contributed by atoms with Crippen molar-refractivity contribution in [1.82, 2.24) is 0 Å². The maximum absolute atomic E-state index is 5.77. The molecule has 0 atom stereocenters.